The lowest BCUT2D eigenvalue weighted by molar-refractivity contribution is 0.164. The van der Waals surface area contributed by atoms with E-state index < -0.39 is 0 Å². The molecule has 1 atom stereocenters. The van der Waals surface area contributed by atoms with Crippen LogP contribution in [0.4, 0.5) is 0 Å². The van der Waals surface area contributed by atoms with Gasteiger partial charge in [-0.05, 0) is 37.1 Å². The molecule has 0 bridgehead atoms. The van der Waals surface area contributed by atoms with Gasteiger partial charge in [0.25, 0.3) is 0 Å². The molecule has 0 saturated carbocycles. The van der Waals surface area contributed by atoms with Gasteiger partial charge in [-0.1, -0.05) is 0 Å². The summed E-state index contributed by atoms with van der Waals surface area (Å²) in [4.78, 5) is 0. The highest BCUT2D eigenvalue weighted by Crippen LogP contribution is 2.39. The van der Waals surface area contributed by atoms with Gasteiger partial charge in [-0.3, -0.25) is 0 Å². The maximum Gasteiger partial charge on any atom is 0.203 e. The fourth-order valence-corrected chi connectivity index (χ4v) is 2.30. The lowest BCUT2D eigenvalue weighted by Gasteiger charge is -2.17. The average molecular weight is 281 g/mol. The third-order valence-corrected chi connectivity index (χ3v) is 3.44. The fraction of sp³-hybridized carbons (Fsp3) is 0.600. The molecule has 1 unspecified atom stereocenters. The van der Waals surface area contributed by atoms with E-state index in [4.69, 9.17) is 24.7 Å². The molecule has 20 heavy (non-hydrogen) atoms. The van der Waals surface area contributed by atoms with Crippen LogP contribution < -0.4 is 19.9 Å². The summed E-state index contributed by atoms with van der Waals surface area (Å²) in [6.45, 7) is 2.78. The Morgan fingerprint density at radius 2 is 1.95 bits per heavy atom. The van der Waals surface area contributed by atoms with Crippen molar-refractivity contribution in [1.29, 1.82) is 0 Å². The van der Waals surface area contributed by atoms with Gasteiger partial charge in [-0.15, -0.1) is 0 Å². The molecule has 1 aromatic carbocycles. The van der Waals surface area contributed by atoms with Crippen molar-refractivity contribution >= 4 is 0 Å². The van der Waals surface area contributed by atoms with Crippen LogP contribution in [0.15, 0.2) is 12.1 Å². The lowest BCUT2D eigenvalue weighted by Crippen LogP contribution is -2.13. The van der Waals surface area contributed by atoms with E-state index in [2.05, 4.69) is 0 Å². The van der Waals surface area contributed by atoms with Crippen LogP contribution in [0.1, 0.15) is 12.0 Å². The van der Waals surface area contributed by atoms with Crippen LogP contribution in [0.2, 0.25) is 0 Å². The highest BCUT2D eigenvalue weighted by atomic mass is 16.5. The van der Waals surface area contributed by atoms with E-state index in [1.807, 2.05) is 12.1 Å². The van der Waals surface area contributed by atoms with Gasteiger partial charge < -0.3 is 24.7 Å². The van der Waals surface area contributed by atoms with E-state index in [9.17, 15) is 0 Å². The van der Waals surface area contributed by atoms with Crippen LogP contribution >= 0.6 is 0 Å². The molecule has 112 valence electrons. The van der Waals surface area contributed by atoms with E-state index >= 15 is 0 Å². The molecule has 1 fully saturated rings. The molecule has 1 saturated heterocycles. The van der Waals surface area contributed by atoms with Gasteiger partial charge in [-0.2, -0.15) is 0 Å². The number of methoxy groups -OCH3 is 2. The Kier molecular flexibility index (Phi) is 5.49. The molecule has 2 N–H and O–H groups in total. The number of benzene rings is 1. The van der Waals surface area contributed by atoms with Crippen LogP contribution in [0, 0.1) is 5.92 Å². The summed E-state index contributed by atoms with van der Waals surface area (Å²) in [5.74, 6) is 2.47. The van der Waals surface area contributed by atoms with Gasteiger partial charge in [0.05, 0.1) is 27.4 Å². The van der Waals surface area contributed by atoms with Crippen molar-refractivity contribution in [1.82, 2.24) is 0 Å². The predicted molar refractivity (Wildman–Crippen MR) is 76.7 cm³/mol. The quantitative estimate of drug-likeness (QED) is 0.823. The lowest BCUT2D eigenvalue weighted by atomic mass is 10.1. The highest BCUT2D eigenvalue weighted by molar-refractivity contribution is 5.54. The summed E-state index contributed by atoms with van der Waals surface area (Å²) in [6.07, 6.45) is 1.82. The molecule has 0 aliphatic carbocycles. The molecule has 1 heterocycles. The summed E-state index contributed by atoms with van der Waals surface area (Å²) in [7, 11) is 3.26. The number of hydrogen-bond acceptors (Lipinski definition) is 5. The molecule has 0 amide bonds. The van der Waals surface area contributed by atoms with Crippen molar-refractivity contribution in [3.05, 3.63) is 17.7 Å². The van der Waals surface area contributed by atoms with Gasteiger partial charge >= 0.3 is 0 Å². The van der Waals surface area contributed by atoms with E-state index in [1.165, 1.54) is 0 Å². The third kappa shape index (κ3) is 3.55. The van der Waals surface area contributed by atoms with E-state index in [-0.39, 0.29) is 0 Å². The Labute approximate surface area is 120 Å². The molecule has 2 rings (SSSR count). The first-order valence-corrected chi connectivity index (χ1v) is 6.94. The minimum Gasteiger partial charge on any atom is -0.493 e. The zero-order valence-corrected chi connectivity index (χ0v) is 12.2. The second-order valence-corrected chi connectivity index (χ2v) is 4.91. The Morgan fingerprint density at radius 3 is 2.45 bits per heavy atom. The molecule has 1 aromatic rings. The minimum atomic E-state index is 0.438. The van der Waals surface area contributed by atoms with Crippen molar-refractivity contribution in [2.45, 2.75) is 12.8 Å². The van der Waals surface area contributed by atoms with Gasteiger partial charge in [0, 0.05) is 12.5 Å². The summed E-state index contributed by atoms with van der Waals surface area (Å²) in [5.41, 5.74) is 6.68. The molecular weight excluding hydrogens is 258 g/mol. The average Bonchev–Trinajstić information content (AvgIpc) is 2.98. The maximum absolute atomic E-state index is 5.91. The van der Waals surface area contributed by atoms with E-state index in [0.717, 1.165) is 31.6 Å². The molecule has 0 radical (unpaired) electrons. The van der Waals surface area contributed by atoms with E-state index in [1.54, 1.807) is 14.2 Å². The van der Waals surface area contributed by atoms with E-state index in [0.29, 0.717) is 36.3 Å². The summed E-state index contributed by atoms with van der Waals surface area (Å²) in [6, 6.07) is 3.91. The third-order valence-electron chi connectivity index (χ3n) is 3.44. The van der Waals surface area contributed by atoms with Gasteiger partial charge in [-0.25, -0.2) is 0 Å². The molecule has 0 spiro atoms. The van der Waals surface area contributed by atoms with Crippen molar-refractivity contribution in [2.24, 2.45) is 11.7 Å². The standard InChI is InChI=1S/C15H23NO4/c1-17-13-7-11(3-5-16)8-14(18-2)15(13)20-10-12-4-6-19-9-12/h7-8,12H,3-6,9-10,16H2,1-2H3. The topological polar surface area (TPSA) is 62.9 Å². The van der Waals surface area contributed by atoms with Crippen LogP contribution in [0.5, 0.6) is 17.2 Å². The zero-order chi connectivity index (χ0) is 14.4. The second-order valence-electron chi connectivity index (χ2n) is 4.91. The first-order chi connectivity index (χ1) is 9.78. The summed E-state index contributed by atoms with van der Waals surface area (Å²) < 4.78 is 22.1. The maximum atomic E-state index is 5.91. The Hall–Kier alpha value is -1.46. The van der Waals surface area contributed by atoms with Gasteiger partial charge in [0.2, 0.25) is 5.75 Å². The van der Waals surface area contributed by atoms with Gasteiger partial charge in [0.15, 0.2) is 11.5 Å². The molecule has 1 aliphatic heterocycles. The summed E-state index contributed by atoms with van der Waals surface area (Å²) >= 11 is 0. The molecule has 0 aromatic heterocycles. The van der Waals surface area contributed by atoms with Gasteiger partial charge in [0.1, 0.15) is 0 Å². The van der Waals surface area contributed by atoms with Crippen LogP contribution in [0.25, 0.3) is 0 Å². The normalized spacial score (nSPS) is 18.1. The SMILES string of the molecule is COc1cc(CCN)cc(OC)c1OCC1CCOC1. The largest absolute Gasteiger partial charge is 0.493 e. The minimum absolute atomic E-state index is 0.438. The Bertz CT molecular complexity index is 405. The monoisotopic (exact) mass is 281 g/mol. The van der Waals surface area contributed by atoms with Crippen LogP contribution in [-0.4, -0.2) is 40.6 Å². The highest BCUT2D eigenvalue weighted by Gasteiger charge is 2.19. The van der Waals surface area contributed by atoms with Crippen LogP contribution in [0.3, 0.4) is 0 Å². The van der Waals surface area contributed by atoms with Crippen molar-refractivity contribution in [2.75, 3.05) is 40.6 Å². The Balaban J connectivity index is 2.15. The zero-order valence-electron chi connectivity index (χ0n) is 12.2. The van der Waals surface area contributed by atoms with Crippen molar-refractivity contribution < 1.29 is 18.9 Å². The van der Waals surface area contributed by atoms with Crippen molar-refractivity contribution in [3.63, 3.8) is 0 Å². The smallest absolute Gasteiger partial charge is 0.203 e. The van der Waals surface area contributed by atoms with Crippen molar-refractivity contribution in [3.8, 4) is 17.2 Å². The fourth-order valence-electron chi connectivity index (χ4n) is 2.30. The number of rotatable bonds is 7. The number of ether oxygens (including phenoxy) is 4. The number of hydrogen-bond donors (Lipinski definition) is 1. The molecule has 5 nitrogen and oxygen atoms in total. The Morgan fingerprint density at radius 1 is 1.25 bits per heavy atom. The first kappa shape index (κ1) is 14.9. The number of nitrogens with two attached hydrogens (primary N) is 1. The predicted octanol–water partition coefficient (Wildman–Crippen LogP) is 1.62. The molecular formula is C15H23NO4. The van der Waals surface area contributed by atoms with Crippen LogP contribution in [-0.2, 0) is 11.2 Å². The molecule has 5 heteroatoms. The second kappa shape index (κ2) is 7.36. The summed E-state index contributed by atoms with van der Waals surface area (Å²) in [5, 5.41) is 0. The first-order valence-electron chi connectivity index (χ1n) is 6.94. The molecule has 1 aliphatic rings.